The molecular weight excluding hydrogens is 271 g/mol. The highest BCUT2D eigenvalue weighted by molar-refractivity contribution is 6.28. The highest BCUT2D eigenvalue weighted by Crippen LogP contribution is 2.22. The molecule has 0 aliphatic rings. The molecule has 0 saturated heterocycles. The van der Waals surface area contributed by atoms with Crippen molar-refractivity contribution in [2.24, 2.45) is 0 Å². The summed E-state index contributed by atoms with van der Waals surface area (Å²) in [6.07, 6.45) is 0. The molecule has 0 bridgehead atoms. The quantitative estimate of drug-likeness (QED) is 0.866. The lowest BCUT2D eigenvalue weighted by Gasteiger charge is -2.11. The standard InChI is InChI=1S/C12H12ClFN4O/c1-7-6-8(4-5-9(7)14)19-12-16-10(13)15-11(17-12)18(2)3/h4-6H,1-3H3. The normalized spacial score (nSPS) is 10.4. The van der Waals surface area contributed by atoms with Gasteiger partial charge in [-0.1, -0.05) is 0 Å². The molecule has 0 radical (unpaired) electrons. The molecule has 0 fully saturated rings. The Morgan fingerprint density at radius 2 is 1.95 bits per heavy atom. The maximum absolute atomic E-state index is 13.1. The van der Waals surface area contributed by atoms with Gasteiger partial charge in [-0.2, -0.15) is 15.0 Å². The molecule has 0 amide bonds. The number of halogens is 2. The van der Waals surface area contributed by atoms with Gasteiger partial charge in [-0.25, -0.2) is 4.39 Å². The van der Waals surface area contributed by atoms with Crippen molar-refractivity contribution >= 4 is 17.5 Å². The summed E-state index contributed by atoms with van der Waals surface area (Å²) < 4.78 is 18.6. The number of aryl methyl sites for hydroxylation is 1. The van der Waals surface area contributed by atoms with Gasteiger partial charge in [-0.05, 0) is 42.3 Å². The molecule has 0 aliphatic heterocycles. The SMILES string of the molecule is Cc1cc(Oc2nc(Cl)nc(N(C)C)n2)ccc1F. The van der Waals surface area contributed by atoms with Crippen LogP contribution in [-0.4, -0.2) is 29.0 Å². The Balaban J connectivity index is 2.29. The molecule has 5 nitrogen and oxygen atoms in total. The molecule has 0 saturated carbocycles. The van der Waals surface area contributed by atoms with Crippen LogP contribution in [-0.2, 0) is 0 Å². The Hall–Kier alpha value is -1.95. The summed E-state index contributed by atoms with van der Waals surface area (Å²) in [5.41, 5.74) is 0.477. The van der Waals surface area contributed by atoms with Gasteiger partial charge in [0, 0.05) is 14.1 Å². The van der Waals surface area contributed by atoms with Crippen molar-refractivity contribution in [3.05, 3.63) is 34.9 Å². The number of benzene rings is 1. The van der Waals surface area contributed by atoms with E-state index in [1.165, 1.54) is 12.1 Å². The van der Waals surface area contributed by atoms with E-state index in [0.29, 0.717) is 17.3 Å². The van der Waals surface area contributed by atoms with Gasteiger partial charge >= 0.3 is 6.01 Å². The Morgan fingerprint density at radius 3 is 2.58 bits per heavy atom. The highest BCUT2D eigenvalue weighted by Gasteiger charge is 2.09. The second-order valence-corrected chi connectivity index (χ2v) is 4.43. The van der Waals surface area contributed by atoms with Crippen molar-refractivity contribution in [2.45, 2.75) is 6.92 Å². The summed E-state index contributed by atoms with van der Waals surface area (Å²) >= 11 is 5.79. The third kappa shape index (κ3) is 3.29. The second kappa shape index (κ2) is 5.36. The van der Waals surface area contributed by atoms with Gasteiger partial charge in [0.1, 0.15) is 11.6 Å². The van der Waals surface area contributed by atoms with Gasteiger partial charge in [0.15, 0.2) is 0 Å². The van der Waals surface area contributed by atoms with E-state index < -0.39 is 0 Å². The van der Waals surface area contributed by atoms with Crippen LogP contribution in [0.5, 0.6) is 11.8 Å². The first kappa shape index (κ1) is 13.5. The molecule has 19 heavy (non-hydrogen) atoms. The van der Waals surface area contributed by atoms with Crippen LogP contribution in [0.2, 0.25) is 5.28 Å². The number of aromatic nitrogens is 3. The Bertz CT molecular complexity index is 606. The van der Waals surface area contributed by atoms with Crippen molar-refractivity contribution in [3.63, 3.8) is 0 Å². The zero-order valence-corrected chi connectivity index (χ0v) is 11.4. The van der Waals surface area contributed by atoms with Gasteiger partial charge in [0.2, 0.25) is 11.2 Å². The van der Waals surface area contributed by atoms with E-state index in [1.807, 2.05) is 0 Å². The van der Waals surface area contributed by atoms with Crippen LogP contribution in [0, 0.1) is 12.7 Å². The van der Waals surface area contributed by atoms with Crippen molar-refractivity contribution in [1.29, 1.82) is 0 Å². The van der Waals surface area contributed by atoms with Crippen molar-refractivity contribution in [3.8, 4) is 11.8 Å². The van der Waals surface area contributed by atoms with Crippen LogP contribution >= 0.6 is 11.6 Å². The van der Waals surface area contributed by atoms with Gasteiger partial charge in [0.25, 0.3) is 0 Å². The molecule has 2 aromatic rings. The first-order valence-electron chi connectivity index (χ1n) is 5.48. The molecule has 1 aromatic heterocycles. The lowest BCUT2D eigenvalue weighted by molar-refractivity contribution is 0.438. The minimum absolute atomic E-state index is 0.0348. The Labute approximate surface area is 115 Å². The number of ether oxygens (including phenoxy) is 1. The molecule has 0 atom stereocenters. The van der Waals surface area contributed by atoms with Gasteiger partial charge < -0.3 is 9.64 Å². The number of anilines is 1. The zero-order chi connectivity index (χ0) is 14.0. The molecule has 0 aliphatic carbocycles. The fraction of sp³-hybridized carbons (Fsp3) is 0.250. The molecule has 0 unspecified atom stereocenters. The summed E-state index contributed by atoms with van der Waals surface area (Å²) in [6, 6.07) is 4.44. The summed E-state index contributed by atoms with van der Waals surface area (Å²) in [4.78, 5) is 13.6. The first-order chi connectivity index (χ1) is 8.95. The number of hydrogen-bond acceptors (Lipinski definition) is 5. The predicted molar refractivity (Wildman–Crippen MR) is 70.4 cm³/mol. The van der Waals surface area contributed by atoms with Crippen LogP contribution in [0.4, 0.5) is 10.3 Å². The third-order valence-electron chi connectivity index (χ3n) is 2.31. The number of rotatable bonds is 3. The fourth-order valence-electron chi connectivity index (χ4n) is 1.35. The summed E-state index contributed by atoms with van der Waals surface area (Å²) in [5, 5.41) is 0.0348. The minimum Gasteiger partial charge on any atom is -0.424 e. The second-order valence-electron chi connectivity index (χ2n) is 4.09. The molecular formula is C12H12ClFN4O. The lowest BCUT2D eigenvalue weighted by atomic mass is 10.2. The molecule has 7 heteroatoms. The average molecular weight is 283 g/mol. The van der Waals surface area contributed by atoms with E-state index in [-0.39, 0.29) is 17.1 Å². The summed E-state index contributed by atoms with van der Waals surface area (Å²) in [5.74, 6) is 0.523. The van der Waals surface area contributed by atoms with E-state index >= 15 is 0 Å². The smallest absolute Gasteiger partial charge is 0.328 e. The maximum Gasteiger partial charge on any atom is 0.328 e. The largest absolute Gasteiger partial charge is 0.424 e. The molecule has 1 heterocycles. The molecule has 100 valence electrons. The average Bonchev–Trinajstić information content (AvgIpc) is 2.33. The van der Waals surface area contributed by atoms with E-state index in [2.05, 4.69) is 15.0 Å². The Kier molecular flexibility index (Phi) is 3.80. The number of nitrogens with zero attached hydrogens (tertiary/aromatic N) is 4. The number of hydrogen-bond donors (Lipinski definition) is 0. The minimum atomic E-state index is -0.296. The molecule has 1 aromatic carbocycles. The lowest BCUT2D eigenvalue weighted by Crippen LogP contribution is -2.13. The molecule has 0 spiro atoms. The maximum atomic E-state index is 13.1. The van der Waals surface area contributed by atoms with Crippen molar-refractivity contribution in [1.82, 2.24) is 15.0 Å². The van der Waals surface area contributed by atoms with E-state index in [0.717, 1.165) is 0 Å². The van der Waals surface area contributed by atoms with E-state index in [9.17, 15) is 4.39 Å². The third-order valence-corrected chi connectivity index (χ3v) is 2.48. The Morgan fingerprint density at radius 1 is 1.21 bits per heavy atom. The van der Waals surface area contributed by atoms with Crippen molar-refractivity contribution in [2.75, 3.05) is 19.0 Å². The highest BCUT2D eigenvalue weighted by atomic mass is 35.5. The van der Waals surface area contributed by atoms with Crippen LogP contribution in [0.3, 0.4) is 0 Å². The van der Waals surface area contributed by atoms with Gasteiger partial charge in [0.05, 0.1) is 0 Å². The monoisotopic (exact) mass is 282 g/mol. The zero-order valence-electron chi connectivity index (χ0n) is 10.7. The van der Waals surface area contributed by atoms with E-state index in [1.54, 1.807) is 32.0 Å². The summed E-state index contributed by atoms with van der Waals surface area (Å²) in [6.45, 7) is 1.65. The molecule has 0 N–H and O–H groups in total. The fourth-order valence-corrected chi connectivity index (χ4v) is 1.50. The topological polar surface area (TPSA) is 51.1 Å². The van der Waals surface area contributed by atoms with E-state index in [4.69, 9.17) is 16.3 Å². The predicted octanol–water partition coefficient (Wildman–Crippen LogP) is 2.83. The van der Waals surface area contributed by atoms with Crippen LogP contribution in [0.25, 0.3) is 0 Å². The summed E-state index contributed by atoms with van der Waals surface area (Å²) in [7, 11) is 3.55. The van der Waals surface area contributed by atoms with Crippen molar-refractivity contribution < 1.29 is 9.13 Å². The van der Waals surface area contributed by atoms with Gasteiger partial charge in [-0.3, -0.25) is 0 Å². The first-order valence-corrected chi connectivity index (χ1v) is 5.86. The van der Waals surface area contributed by atoms with Crippen LogP contribution in [0.1, 0.15) is 5.56 Å². The molecule has 2 rings (SSSR count). The van der Waals surface area contributed by atoms with Crippen LogP contribution < -0.4 is 9.64 Å². The van der Waals surface area contributed by atoms with Crippen LogP contribution in [0.15, 0.2) is 18.2 Å². The van der Waals surface area contributed by atoms with Gasteiger partial charge in [-0.15, -0.1) is 0 Å².